The van der Waals surface area contributed by atoms with E-state index in [-0.39, 0.29) is 24.7 Å². The van der Waals surface area contributed by atoms with Crippen LogP contribution in [0.3, 0.4) is 0 Å². The molecule has 0 unspecified atom stereocenters. The Labute approximate surface area is 178 Å². The molecule has 0 aliphatic carbocycles. The third-order valence-electron chi connectivity index (χ3n) is 4.35. The number of carbonyl (C=O) groups is 2. The van der Waals surface area contributed by atoms with Gasteiger partial charge in [0.05, 0.1) is 24.9 Å². The Hall–Kier alpha value is -2.87. The summed E-state index contributed by atoms with van der Waals surface area (Å²) in [5, 5.41) is 6.77. The first-order chi connectivity index (χ1) is 13.8. The molecule has 0 aromatic heterocycles. The van der Waals surface area contributed by atoms with E-state index in [0.29, 0.717) is 17.1 Å². The van der Waals surface area contributed by atoms with Gasteiger partial charge in [0.15, 0.2) is 0 Å². The van der Waals surface area contributed by atoms with Crippen molar-refractivity contribution in [3.63, 3.8) is 0 Å². The predicted octanol–water partition coefficient (Wildman–Crippen LogP) is 3.95. The maximum Gasteiger partial charge on any atom is 0.240 e. The van der Waals surface area contributed by atoms with Gasteiger partial charge in [0, 0.05) is 30.2 Å². The predicted molar refractivity (Wildman–Crippen MR) is 117 cm³/mol. The Morgan fingerprint density at radius 2 is 1.76 bits per heavy atom. The van der Waals surface area contributed by atoms with Gasteiger partial charge in [-0.3, -0.25) is 9.59 Å². The van der Waals surface area contributed by atoms with Gasteiger partial charge in [-0.15, -0.1) is 0 Å². The van der Waals surface area contributed by atoms with Gasteiger partial charge in [-0.25, -0.2) is 5.43 Å². The van der Waals surface area contributed by atoms with E-state index >= 15 is 0 Å². The number of hydrogen-bond acceptors (Lipinski definition) is 5. The number of halogens is 1. The molecule has 7 nitrogen and oxygen atoms in total. The summed E-state index contributed by atoms with van der Waals surface area (Å²) in [5.41, 5.74) is 5.94. The van der Waals surface area contributed by atoms with Crippen LogP contribution in [-0.4, -0.2) is 32.2 Å². The minimum Gasteiger partial charge on any atom is -0.496 e. The van der Waals surface area contributed by atoms with E-state index in [2.05, 4.69) is 31.8 Å². The Bertz CT molecular complexity index is 928. The van der Waals surface area contributed by atoms with Gasteiger partial charge in [-0.2, -0.15) is 5.10 Å². The highest BCUT2D eigenvalue weighted by molar-refractivity contribution is 9.10. The molecule has 0 fully saturated rings. The molecule has 0 bridgehead atoms. The van der Waals surface area contributed by atoms with Gasteiger partial charge in [-0.05, 0) is 53.0 Å². The summed E-state index contributed by atoms with van der Waals surface area (Å²) in [7, 11) is 3.09. The maximum absolute atomic E-state index is 12.1. The lowest BCUT2D eigenvalue weighted by Crippen LogP contribution is -2.21. The van der Waals surface area contributed by atoms with Crippen molar-refractivity contribution in [2.45, 2.75) is 26.7 Å². The number of benzene rings is 2. The average Bonchev–Trinajstić information content (AvgIpc) is 2.70. The summed E-state index contributed by atoms with van der Waals surface area (Å²) in [5.74, 6) is 0.594. The van der Waals surface area contributed by atoms with Crippen LogP contribution in [0, 0.1) is 13.8 Å². The zero-order valence-electron chi connectivity index (χ0n) is 16.8. The van der Waals surface area contributed by atoms with Crippen molar-refractivity contribution in [2.24, 2.45) is 5.10 Å². The Morgan fingerprint density at radius 3 is 2.45 bits per heavy atom. The molecule has 8 heteroatoms. The lowest BCUT2D eigenvalue weighted by molar-refractivity contribution is -0.124. The quantitative estimate of drug-likeness (QED) is 0.459. The third kappa shape index (κ3) is 6.32. The number of methoxy groups -OCH3 is 2. The highest BCUT2D eigenvalue weighted by atomic mass is 79.9. The number of aryl methyl sites for hydroxylation is 1. The SMILES string of the molecule is COc1cc(OC)c(C=NNC(=O)CCC(=O)Nc2cccc(C)c2C)cc1Br. The van der Waals surface area contributed by atoms with Crippen molar-refractivity contribution in [1.82, 2.24) is 5.43 Å². The van der Waals surface area contributed by atoms with Crippen LogP contribution in [-0.2, 0) is 9.59 Å². The minimum atomic E-state index is -0.357. The van der Waals surface area contributed by atoms with Crippen molar-refractivity contribution in [2.75, 3.05) is 19.5 Å². The first-order valence-corrected chi connectivity index (χ1v) is 9.74. The van der Waals surface area contributed by atoms with Crippen molar-refractivity contribution >= 4 is 39.6 Å². The first kappa shape index (κ1) is 22.4. The molecule has 0 saturated heterocycles. The van der Waals surface area contributed by atoms with Crippen LogP contribution in [0.2, 0.25) is 0 Å². The van der Waals surface area contributed by atoms with E-state index in [9.17, 15) is 9.59 Å². The molecule has 0 aliphatic heterocycles. The molecule has 0 saturated carbocycles. The summed E-state index contributed by atoms with van der Waals surface area (Å²) >= 11 is 3.39. The standard InChI is InChI=1S/C21H24BrN3O4/c1-13-6-5-7-17(14(13)2)24-20(26)8-9-21(27)25-23-12-15-10-16(22)19(29-4)11-18(15)28-3/h5-7,10-12H,8-9H2,1-4H3,(H,24,26)(H,25,27). The molecule has 154 valence electrons. The molecule has 2 N–H and O–H groups in total. The number of carbonyl (C=O) groups excluding carboxylic acids is 2. The average molecular weight is 462 g/mol. The molecule has 0 heterocycles. The maximum atomic E-state index is 12.1. The highest BCUT2D eigenvalue weighted by Gasteiger charge is 2.10. The lowest BCUT2D eigenvalue weighted by atomic mass is 10.1. The van der Waals surface area contributed by atoms with Crippen LogP contribution in [0.1, 0.15) is 29.5 Å². The van der Waals surface area contributed by atoms with Gasteiger partial charge in [-0.1, -0.05) is 12.1 Å². The summed E-state index contributed by atoms with van der Waals surface area (Å²) in [4.78, 5) is 24.1. The number of hydrazone groups is 1. The molecule has 2 rings (SSSR count). The molecule has 2 aromatic carbocycles. The van der Waals surface area contributed by atoms with Crippen LogP contribution in [0.15, 0.2) is 39.9 Å². The van der Waals surface area contributed by atoms with Crippen LogP contribution in [0.25, 0.3) is 0 Å². The fraction of sp³-hybridized carbons (Fsp3) is 0.286. The lowest BCUT2D eigenvalue weighted by Gasteiger charge is -2.10. The van der Waals surface area contributed by atoms with E-state index in [1.165, 1.54) is 13.3 Å². The van der Waals surface area contributed by atoms with Crippen molar-refractivity contribution < 1.29 is 19.1 Å². The first-order valence-electron chi connectivity index (χ1n) is 8.95. The number of hydrogen-bond donors (Lipinski definition) is 2. The number of nitrogens with zero attached hydrogens (tertiary/aromatic N) is 1. The molecule has 29 heavy (non-hydrogen) atoms. The summed E-state index contributed by atoms with van der Waals surface area (Å²) in [6.07, 6.45) is 1.56. The summed E-state index contributed by atoms with van der Waals surface area (Å²) in [6, 6.07) is 9.18. The third-order valence-corrected chi connectivity index (χ3v) is 4.97. The topological polar surface area (TPSA) is 89.0 Å². The molecule has 0 atom stereocenters. The van der Waals surface area contributed by atoms with Gasteiger partial charge >= 0.3 is 0 Å². The van der Waals surface area contributed by atoms with E-state index in [1.54, 1.807) is 19.2 Å². The van der Waals surface area contributed by atoms with Gasteiger partial charge in [0.25, 0.3) is 0 Å². The Morgan fingerprint density at radius 1 is 1.07 bits per heavy atom. The second-order valence-corrected chi connectivity index (χ2v) is 7.17. The summed E-state index contributed by atoms with van der Waals surface area (Å²) < 4.78 is 11.2. The van der Waals surface area contributed by atoms with Crippen LogP contribution < -0.4 is 20.2 Å². The molecule has 0 spiro atoms. The van der Waals surface area contributed by atoms with Crippen molar-refractivity contribution in [3.8, 4) is 11.5 Å². The highest BCUT2D eigenvalue weighted by Crippen LogP contribution is 2.31. The van der Waals surface area contributed by atoms with E-state index in [0.717, 1.165) is 21.3 Å². The van der Waals surface area contributed by atoms with Gasteiger partial charge < -0.3 is 14.8 Å². The number of ether oxygens (including phenoxy) is 2. The molecule has 2 amide bonds. The normalized spacial score (nSPS) is 10.7. The molecular formula is C21H24BrN3O4. The van der Waals surface area contributed by atoms with Gasteiger partial charge in [0.2, 0.25) is 11.8 Å². The van der Waals surface area contributed by atoms with Crippen LogP contribution >= 0.6 is 15.9 Å². The van der Waals surface area contributed by atoms with Crippen molar-refractivity contribution in [3.05, 3.63) is 51.5 Å². The van der Waals surface area contributed by atoms with Crippen molar-refractivity contribution in [1.29, 1.82) is 0 Å². The monoisotopic (exact) mass is 461 g/mol. The second-order valence-electron chi connectivity index (χ2n) is 6.32. The Balaban J connectivity index is 1.87. The largest absolute Gasteiger partial charge is 0.496 e. The number of amides is 2. The van der Waals surface area contributed by atoms with E-state index in [4.69, 9.17) is 9.47 Å². The molecule has 2 aromatic rings. The number of rotatable bonds is 8. The summed E-state index contributed by atoms with van der Waals surface area (Å²) in [6.45, 7) is 3.92. The zero-order chi connectivity index (χ0) is 21.4. The molecule has 0 aliphatic rings. The van der Waals surface area contributed by atoms with Gasteiger partial charge in [0.1, 0.15) is 11.5 Å². The zero-order valence-corrected chi connectivity index (χ0v) is 18.4. The minimum absolute atomic E-state index is 0.0253. The number of anilines is 1. The van der Waals surface area contributed by atoms with Crippen LogP contribution in [0.5, 0.6) is 11.5 Å². The number of nitrogens with one attached hydrogen (secondary N) is 2. The molecular weight excluding hydrogens is 438 g/mol. The smallest absolute Gasteiger partial charge is 0.240 e. The molecule has 0 radical (unpaired) electrons. The Kier molecular flexibility index (Phi) is 8.21. The second kappa shape index (κ2) is 10.6. The van der Waals surface area contributed by atoms with E-state index < -0.39 is 0 Å². The fourth-order valence-corrected chi connectivity index (χ4v) is 3.06. The fourth-order valence-electron chi connectivity index (χ4n) is 2.54. The van der Waals surface area contributed by atoms with Crippen LogP contribution in [0.4, 0.5) is 5.69 Å². The van der Waals surface area contributed by atoms with E-state index in [1.807, 2.05) is 32.0 Å².